The van der Waals surface area contributed by atoms with Crippen LogP contribution in [0.2, 0.25) is 0 Å². The van der Waals surface area contributed by atoms with Crippen LogP contribution >= 0.6 is 0 Å². The summed E-state index contributed by atoms with van der Waals surface area (Å²) in [6, 6.07) is 14.5. The molecule has 20 heavy (non-hydrogen) atoms. The molecule has 0 amide bonds. The summed E-state index contributed by atoms with van der Waals surface area (Å²) in [4.78, 5) is 10.8. The monoisotopic (exact) mass is 272 g/mol. The largest absolute Gasteiger partial charge is 0.489 e. The molecule has 0 unspecified atom stereocenters. The second-order valence-corrected chi connectivity index (χ2v) is 4.39. The molecule has 0 fully saturated rings. The van der Waals surface area contributed by atoms with Gasteiger partial charge in [0.2, 0.25) is 0 Å². The van der Waals surface area contributed by atoms with E-state index in [2.05, 4.69) is 0 Å². The highest BCUT2D eigenvalue weighted by Gasteiger charge is 2.08. The molecule has 2 rings (SSSR count). The maximum atomic E-state index is 10.8. The summed E-state index contributed by atoms with van der Waals surface area (Å²) in [5.74, 6) is -0.256. The van der Waals surface area contributed by atoms with Gasteiger partial charge in [-0.25, -0.2) is 0 Å². The normalized spacial score (nSPS) is 10.2. The molecule has 0 heterocycles. The van der Waals surface area contributed by atoms with Crippen molar-refractivity contribution in [3.05, 3.63) is 65.2 Å². The minimum absolute atomic E-state index is 0.0266. The van der Waals surface area contributed by atoms with Crippen LogP contribution in [0, 0.1) is 0 Å². The van der Waals surface area contributed by atoms with E-state index in [0.717, 1.165) is 11.1 Å². The zero-order chi connectivity index (χ0) is 14.4. The Morgan fingerprint density at radius 2 is 1.55 bits per heavy atom. The molecule has 4 nitrogen and oxygen atoms in total. The fourth-order valence-corrected chi connectivity index (χ4v) is 1.96. The van der Waals surface area contributed by atoms with Crippen molar-refractivity contribution in [3.63, 3.8) is 0 Å². The first kappa shape index (κ1) is 14.1. The van der Waals surface area contributed by atoms with Gasteiger partial charge in [0.1, 0.15) is 12.4 Å². The van der Waals surface area contributed by atoms with Gasteiger partial charge in [-0.3, -0.25) is 4.79 Å². The van der Waals surface area contributed by atoms with Crippen LogP contribution in [0.1, 0.15) is 16.7 Å². The Bertz CT molecular complexity index is 593. The average molecular weight is 272 g/mol. The van der Waals surface area contributed by atoms with Crippen molar-refractivity contribution < 1.29 is 19.7 Å². The Kier molecular flexibility index (Phi) is 4.74. The quantitative estimate of drug-likeness (QED) is 0.847. The van der Waals surface area contributed by atoms with Gasteiger partial charge in [0.15, 0.2) is 0 Å². The van der Waals surface area contributed by atoms with Gasteiger partial charge < -0.3 is 14.9 Å². The van der Waals surface area contributed by atoms with Crippen molar-refractivity contribution in [1.29, 1.82) is 0 Å². The molecule has 104 valence electrons. The van der Waals surface area contributed by atoms with Gasteiger partial charge in [0.25, 0.3) is 0 Å². The van der Waals surface area contributed by atoms with Crippen LogP contribution in [0.15, 0.2) is 48.5 Å². The highest BCUT2D eigenvalue weighted by Crippen LogP contribution is 2.20. The number of aliphatic hydroxyl groups is 1. The molecule has 0 saturated carbocycles. The molecule has 0 radical (unpaired) electrons. The molecule has 0 aliphatic carbocycles. The van der Waals surface area contributed by atoms with E-state index >= 15 is 0 Å². The molecule has 2 aromatic carbocycles. The first-order valence-corrected chi connectivity index (χ1v) is 6.31. The summed E-state index contributed by atoms with van der Waals surface area (Å²) in [5.41, 5.74) is 2.28. The highest BCUT2D eigenvalue weighted by molar-refractivity contribution is 5.70. The number of rotatable bonds is 6. The molecule has 0 atom stereocenters. The number of aliphatic carboxylic acids is 1. The average Bonchev–Trinajstić information content (AvgIpc) is 2.46. The van der Waals surface area contributed by atoms with Crippen molar-refractivity contribution in [1.82, 2.24) is 0 Å². The number of carbonyl (C=O) groups is 1. The maximum Gasteiger partial charge on any atom is 0.307 e. The number of carboxylic acid groups (broad SMARTS) is 1. The van der Waals surface area contributed by atoms with Crippen molar-refractivity contribution >= 4 is 5.97 Å². The smallest absolute Gasteiger partial charge is 0.307 e. The Morgan fingerprint density at radius 3 is 2.20 bits per heavy atom. The Hall–Kier alpha value is -2.33. The SMILES string of the molecule is O=C(O)Cc1ccccc1COc1ccccc1CO. The van der Waals surface area contributed by atoms with E-state index in [9.17, 15) is 9.90 Å². The van der Waals surface area contributed by atoms with Gasteiger partial charge in [-0.1, -0.05) is 42.5 Å². The van der Waals surface area contributed by atoms with E-state index in [-0.39, 0.29) is 19.6 Å². The lowest BCUT2D eigenvalue weighted by molar-refractivity contribution is -0.136. The molecule has 2 N–H and O–H groups in total. The third kappa shape index (κ3) is 3.59. The van der Waals surface area contributed by atoms with Crippen LogP contribution in [0.25, 0.3) is 0 Å². The van der Waals surface area contributed by atoms with E-state index < -0.39 is 5.97 Å². The highest BCUT2D eigenvalue weighted by atomic mass is 16.5. The van der Waals surface area contributed by atoms with Crippen LogP contribution in [0.3, 0.4) is 0 Å². The third-order valence-electron chi connectivity index (χ3n) is 2.99. The number of benzene rings is 2. The second-order valence-electron chi connectivity index (χ2n) is 4.39. The van der Waals surface area contributed by atoms with E-state index in [0.29, 0.717) is 11.3 Å². The fourth-order valence-electron chi connectivity index (χ4n) is 1.96. The van der Waals surface area contributed by atoms with E-state index in [4.69, 9.17) is 9.84 Å². The number of hydrogen-bond acceptors (Lipinski definition) is 3. The topological polar surface area (TPSA) is 66.8 Å². The molecule has 0 aromatic heterocycles. The summed E-state index contributed by atoms with van der Waals surface area (Å²) >= 11 is 0. The number of carboxylic acids is 1. The van der Waals surface area contributed by atoms with Gasteiger partial charge >= 0.3 is 5.97 Å². The molecule has 4 heteroatoms. The third-order valence-corrected chi connectivity index (χ3v) is 2.99. The molecular weight excluding hydrogens is 256 g/mol. The van der Waals surface area contributed by atoms with Gasteiger partial charge in [0.05, 0.1) is 13.0 Å². The summed E-state index contributed by atoms with van der Waals surface area (Å²) in [5, 5.41) is 18.1. The summed E-state index contributed by atoms with van der Waals surface area (Å²) in [6.45, 7) is 0.188. The van der Waals surface area contributed by atoms with Crippen LogP contribution in [-0.2, 0) is 24.4 Å². The standard InChI is InChI=1S/C16H16O4/c17-10-13-6-3-4-8-15(13)20-11-14-7-2-1-5-12(14)9-16(18)19/h1-8,17H,9-11H2,(H,18,19). The molecule has 0 spiro atoms. The predicted molar refractivity (Wildman–Crippen MR) is 74.5 cm³/mol. The lowest BCUT2D eigenvalue weighted by atomic mass is 10.1. The van der Waals surface area contributed by atoms with Gasteiger partial charge in [-0.15, -0.1) is 0 Å². The van der Waals surface area contributed by atoms with Gasteiger partial charge in [-0.05, 0) is 17.2 Å². The van der Waals surface area contributed by atoms with Crippen LogP contribution in [0.5, 0.6) is 5.75 Å². The molecular formula is C16H16O4. The molecule has 2 aromatic rings. The van der Waals surface area contributed by atoms with E-state index in [1.807, 2.05) is 30.3 Å². The van der Waals surface area contributed by atoms with Crippen molar-refractivity contribution in [2.75, 3.05) is 0 Å². The first-order chi connectivity index (χ1) is 9.70. The Labute approximate surface area is 117 Å². The maximum absolute atomic E-state index is 10.8. The van der Waals surface area contributed by atoms with Crippen LogP contribution in [0.4, 0.5) is 0 Å². The molecule has 0 bridgehead atoms. The second kappa shape index (κ2) is 6.73. The zero-order valence-corrected chi connectivity index (χ0v) is 11.0. The number of aliphatic hydroxyl groups excluding tert-OH is 1. The van der Waals surface area contributed by atoms with Crippen molar-refractivity contribution in [3.8, 4) is 5.75 Å². The lowest BCUT2D eigenvalue weighted by Crippen LogP contribution is -2.06. The summed E-state index contributed by atoms with van der Waals surface area (Å²) in [6.07, 6.45) is -0.0266. The predicted octanol–water partition coefficient (Wildman–Crippen LogP) is 2.39. The lowest BCUT2D eigenvalue weighted by Gasteiger charge is -2.12. The number of hydrogen-bond donors (Lipinski definition) is 2. The summed E-state index contributed by atoms with van der Waals surface area (Å²) in [7, 11) is 0. The zero-order valence-electron chi connectivity index (χ0n) is 11.0. The van der Waals surface area contributed by atoms with Crippen molar-refractivity contribution in [2.24, 2.45) is 0 Å². The minimum atomic E-state index is -0.867. The number of ether oxygens (including phenoxy) is 1. The molecule has 0 aliphatic rings. The van der Waals surface area contributed by atoms with Crippen LogP contribution < -0.4 is 4.74 Å². The summed E-state index contributed by atoms with van der Waals surface area (Å²) < 4.78 is 5.68. The van der Waals surface area contributed by atoms with Crippen molar-refractivity contribution in [2.45, 2.75) is 19.6 Å². The Balaban J connectivity index is 2.12. The Morgan fingerprint density at radius 1 is 0.950 bits per heavy atom. The first-order valence-electron chi connectivity index (χ1n) is 6.31. The van der Waals surface area contributed by atoms with Gasteiger partial charge in [0, 0.05) is 5.56 Å². The van der Waals surface area contributed by atoms with Crippen LogP contribution in [-0.4, -0.2) is 16.2 Å². The van der Waals surface area contributed by atoms with Gasteiger partial charge in [-0.2, -0.15) is 0 Å². The van der Waals surface area contributed by atoms with E-state index in [1.165, 1.54) is 0 Å². The molecule has 0 aliphatic heterocycles. The van der Waals surface area contributed by atoms with E-state index in [1.54, 1.807) is 18.2 Å². The fraction of sp³-hybridized carbons (Fsp3) is 0.188. The number of para-hydroxylation sites is 1. The minimum Gasteiger partial charge on any atom is -0.489 e. The molecule has 0 saturated heterocycles.